The Balaban J connectivity index is 1.34. The van der Waals surface area contributed by atoms with Gasteiger partial charge >= 0.3 is 20.3 Å². The number of H-pyrrole nitrogens is 1. The van der Waals surface area contributed by atoms with Gasteiger partial charge in [-0.05, 0) is 19.3 Å². The largest absolute Gasteiger partial charge is 0.466 e. The average Bonchev–Trinajstić information content (AvgIpc) is 3.16. The maximum Gasteiger partial charge on any atom is 0.332 e. The van der Waals surface area contributed by atoms with Crippen LogP contribution in [0.25, 0.3) is 0 Å². The molecule has 2 unspecified atom stereocenters. The van der Waals surface area contributed by atoms with Crippen molar-refractivity contribution >= 4 is 14.6 Å². The van der Waals surface area contributed by atoms with Crippen molar-refractivity contribution in [2.45, 2.75) is 51.4 Å². The fraction of sp³-hybridized carbons (Fsp3) is 0.722. The summed E-state index contributed by atoms with van der Waals surface area (Å²) in [5.41, 5.74) is -0.933. The molecule has 1 aromatic heterocycles. The number of hydrogen-bond donors (Lipinski definition) is 1. The zero-order chi connectivity index (χ0) is 20.6. The summed E-state index contributed by atoms with van der Waals surface area (Å²) in [6.07, 6.45) is 4.28. The topological polar surface area (TPSA) is 118 Å². The van der Waals surface area contributed by atoms with E-state index >= 15 is 0 Å². The summed E-state index contributed by atoms with van der Waals surface area (Å²) in [5, 5.41) is 0. The highest BCUT2D eigenvalue weighted by Gasteiger charge is 2.31. The molecule has 1 N–H and O–H groups in total. The minimum absolute atomic E-state index is 0.0364. The van der Waals surface area contributed by atoms with Crippen LogP contribution in [-0.2, 0) is 27.8 Å². The Labute approximate surface area is 169 Å². The van der Waals surface area contributed by atoms with Gasteiger partial charge in [0.05, 0.1) is 39.0 Å². The summed E-state index contributed by atoms with van der Waals surface area (Å²) >= 11 is 0. The number of nitrogens with one attached hydrogen (secondary N) is 1. The molecular weight excluding hydrogens is 403 g/mol. The van der Waals surface area contributed by atoms with Crippen LogP contribution < -0.4 is 11.2 Å². The number of esters is 1. The van der Waals surface area contributed by atoms with Gasteiger partial charge in [0.25, 0.3) is 5.56 Å². The van der Waals surface area contributed by atoms with Crippen LogP contribution in [0.2, 0.25) is 0 Å². The zero-order valence-electron chi connectivity index (χ0n) is 16.4. The van der Waals surface area contributed by atoms with Gasteiger partial charge in [-0.2, -0.15) is 0 Å². The van der Waals surface area contributed by atoms with Crippen LogP contribution in [-0.4, -0.2) is 48.1 Å². The van der Waals surface area contributed by atoms with Gasteiger partial charge in [-0.15, -0.1) is 0 Å². The summed E-state index contributed by atoms with van der Waals surface area (Å²) in [4.78, 5) is 37.0. The first-order valence-corrected chi connectivity index (χ1v) is 11.0. The lowest BCUT2D eigenvalue weighted by molar-refractivity contribution is -0.146. The van der Waals surface area contributed by atoms with E-state index in [1.807, 2.05) is 6.92 Å². The zero-order valence-corrected chi connectivity index (χ0v) is 17.3. The molecule has 0 saturated carbocycles. The minimum Gasteiger partial charge on any atom is -0.466 e. The van der Waals surface area contributed by atoms with Crippen molar-refractivity contribution in [3.8, 4) is 0 Å². The first kappa shape index (κ1) is 22.1. The lowest BCUT2D eigenvalue weighted by atomic mass is 10.1. The van der Waals surface area contributed by atoms with Crippen LogP contribution in [0.4, 0.5) is 0 Å². The van der Waals surface area contributed by atoms with Crippen molar-refractivity contribution < 1.29 is 27.8 Å². The number of aromatic nitrogens is 2. The Morgan fingerprint density at radius 2 is 2.10 bits per heavy atom. The van der Waals surface area contributed by atoms with Gasteiger partial charge < -0.3 is 23.0 Å². The Kier molecular flexibility index (Phi) is 8.38. The van der Waals surface area contributed by atoms with Crippen molar-refractivity contribution in [3.63, 3.8) is 0 Å². The molecule has 0 amide bonds. The van der Waals surface area contributed by atoms with E-state index in [1.54, 1.807) is 0 Å². The standard InChI is InChI=1S/C18H27N2O8P/c1-2-3-8-24-17(22)9-13-10-25-29(26-11-13)27-12-14-4-5-16(28-14)20-7-6-15(21)19-18(20)23/h6-7,13-14,16H,2-5,8-12H2,1H3,(H,19,21,23). The predicted molar refractivity (Wildman–Crippen MR) is 103 cm³/mol. The molecule has 2 saturated heterocycles. The van der Waals surface area contributed by atoms with E-state index in [1.165, 1.54) is 16.8 Å². The van der Waals surface area contributed by atoms with E-state index in [2.05, 4.69) is 4.98 Å². The van der Waals surface area contributed by atoms with E-state index < -0.39 is 26.1 Å². The smallest absolute Gasteiger partial charge is 0.332 e. The number of carbonyl (C=O) groups excluding carboxylic acids is 1. The molecule has 29 heavy (non-hydrogen) atoms. The van der Waals surface area contributed by atoms with Crippen molar-refractivity contribution in [2.75, 3.05) is 26.4 Å². The molecule has 1 aromatic rings. The number of rotatable bonds is 9. The molecule has 2 aliphatic rings. The van der Waals surface area contributed by atoms with Gasteiger partial charge in [-0.1, -0.05) is 13.3 Å². The maximum atomic E-state index is 11.8. The van der Waals surface area contributed by atoms with E-state index in [0.29, 0.717) is 32.7 Å². The van der Waals surface area contributed by atoms with Gasteiger partial charge in [0.15, 0.2) is 0 Å². The summed E-state index contributed by atoms with van der Waals surface area (Å²) in [6, 6.07) is 1.29. The number of unbranched alkanes of at least 4 members (excludes halogenated alkanes) is 1. The number of aromatic amines is 1. The SMILES string of the molecule is CCCCOC(=O)CC1COP(OCC2CCC(n3ccc(=O)[nH]c3=O)O2)OC1. The molecule has 0 radical (unpaired) electrons. The van der Waals surface area contributed by atoms with Crippen LogP contribution in [0.5, 0.6) is 0 Å². The second-order valence-corrected chi connectivity index (χ2v) is 8.28. The highest BCUT2D eigenvalue weighted by Crippen LogP contribution is 2.45. The lowest BCUT2D eigenvalue weighted by Gasteiger charge is -2.27. The predicted octanol–water partition coefficient (Wildman–Crippen LogP) is 1.85. The summed E-state index contributed by atoms with van der Waals surface area (Å²) in [5.74, 6) is -0.267. The molecule has 3 heterocycles. The van der Waals surface area contributed by atoms with Gasteiger partial charge in [0.1, 0.15) is 6.23 Å². The van der Waals surface area contributed by atoms with Crippen LogP contribution in [0, 0.1) is 5.92 Å². The maximum absolute atomic E-state index is 11.8. The van der Waals surface area contributed by atoms with E-state index in [9.17, 15) is 14.4 Å². The van der Waals surface area contributed by atoms with Crippen molar-refractivity contribution in [3.05, 3.63) is 33.1 Å². The monoisotopic (exact) mass is 430 g/mol. The molecule has 162 valence electrons. The molecule has 2 aliphatic heterocycles. The quantitative estimate of drug-likeness (QED) is 0.358. The Hall–Kier alpha value is -1.58. The van der Waals surface area contributed by atoms with Crippen LogP contribution >= 0.6 is 8.60 Å². The van der Waals surface area contributed by atoms with Crippen molar-refractivity contribution in [2.24, 2.45) is 5.92 Å². The van der Waals surface area contributed by atoms with E-state index in [4.69, 9.17) is 23.0 Å². The second kappa shape index (κ2) is 11.0. The summed E-state index contributed by atoms with van der Waals surface area (Å²) in [6.45, 7) is 3.54. The number of ether oxygens (including phenoxy) is 2. The molecule has 3 rings (SSSR count). The second-order valence-electron chi connectivity index (χ2n) is 7.06. The summed E-state index contributed by atoms with van der Waals surface area (Å²) in [7, 11) is -1.48. The first-order chi connectivity index (χ1) is 14.0. The number of hydrogen-bond acceptors (Lipinski definition) is 8. The highest BCUT2D eigenvalue weighted by atomic mass is 31.2. The lowest BCUT2D eigenvalue weighted by Crippen LogP contribution is -2.31. The normalized spacial score (nSPS) is 27.1. The molecule has 2 fully saturated rings. The fourth-order valence-corrected chi connectivity index (χ4v) is 4.22. The van der Waals surface area contributed by atoms with Crippen LogP contribution in [0.15, 0.2) is 21.9 Å². The molecule has 0 aromatic carbocycles. The Bertz CT molecular complexity index is 774. The highest BCUT2D eigenvalue weighted by molar-refractivity contribution is 7.41. The van der Waals surface area contributed by atoms with Gasteiger partial charge in [-0.3, -0.25) is 19.1 Å². The first-order valence-electron chi connectivity index (χ1n) is 9.86. The third-order valence-electron chi connectivity index (χ3n) is 4.66. The van der Waals surface area contributed by atoms with E-state index in [-0.39, 0.29) is 31.0 Å². The van der Waals surface area contributed by atoms with E-state index in [0.717, 1.165) is 12.8 Å². The Morgan fingerprint density at radius 1 is 1.31 bits per heavy atom. The number of nitrogens with zero attached hydrogens (tertiary/aromatic N) is 1. The van der Waals surface area contributed by atoms with Crippen molar-refractivity contribution in [1.29, 1.82) is 0 Å². The average molecular weight is 430 g/mol. The third kappa shape index (κ3) is 6.72. The molecule has 11 heteroatoms. The van der Waals surface area contributed by atoms with Gasteiger partial charge in [0, 0.05) is 18.2 Å². The van der Waals surface area contributed by atoms with Crippen LogP contribution in [0.3, 0.4) is 0 Å². The number of carbonyl (C=O) groups is 1. The van der Waals surface area contributed by atoms with Crippen LogP contribution in [0.1, 0.15) is 45.3 Å². The van der Waals surface area contributed by atoms with Gasteiger partial charge in [0.2, 0.25) is 0 Å². The molecule has 0 aliphatic carbocycles. The molecule has 0 bridgehead atoms. The molecule has 2 atom stereocenters. The summed E-state index contributed by atoms with van der Waals surface area (Å²) < 4.78 is 29.2. The Morgan fingerprint density at radius 3 is 2.83 bits per heavy atom. The minimum atomic E-state index is -1.48. The molecular formula is C18H27N2O8P. The third-order valence-corrected chi connectivity index (χ3v) is 5.74. The molecule has 0 spiro atoms. The molecule has 10 nitrogen and oxygen atoms in total. The van der Waals surface area contributed by atoms with Crippen molar-refractivity contribution in [1.82, 2.24) is 9.55 Å². The fourth-order valence-electron chi connectivity index (χ4n) is 3.05. The van der Waals surface area contributed by atoms with Gasteiger partial charge in [-0.25, -0.2) is 4.79 Å².